The van der Waals surface area contributed by atoms with E-state index in [1.54, 1.807) is 42.5 Å². The van der Waals surface area contributed by atoms with Gasteiger partial charge in [0.05, 0.1) is 5.39 Å². The summed E-state index contributed by atoms with van der Waals surface area (Å²) in [6.45, 7) is 0. The van der Waals surface area contributed by atoms with Crippen molar-refractivity contribution in [3.05, 3.63) is 92.8 Å². The highest BCUT2D eigenvalue weighted by molar-refractivity contribution is 6.37. The Morgan fingerprint density at radius 2 is 1.61 bits per heavy atom. The summed E-state index contributed by atoms with van der Waals surface area (Å²) in [5.41, 5.74) is 0.422. The number of benzene rings is 3. The minimum Gasteiger partial charge on any atom is -0.423 e. The van der Waals surface area contributed by atoms with Crippen LogP contribution < -0.4 is 10.4 Å². The average molecular weight is 411 g/mol. The molecule has 0 radical (unpaired) electrons. The molecule has 0 N–H and O–H groups in total. The highest BCUT2D eigenvalue weighted by Crippen LogP contribution is 2.27. The van der Waals surface area contributed by atoms with Crippen LogP contribution in [-0.4, -0.2) is 5.97 Å². The van der Waals surface area contributed by atoms with Crippen LogP contribution in [0.5, 0.6) is 5.75 Å². The Hall–Kier alpha value is -3.08. The molecule has 0 spiro atoms. The molecular formula is C22H12Cl2O4. The zero-order valence-corrected chi connectivity index (χ0v) is 15.8. The molecule has 0 saturated heterocycles. The number of halogens is 2. The Morgan fingerprint density at radius 1 is 0.893 bits per heavy atom. The van der Waals surface area contributed by atoms with Crippen LogP contribution in [0, 0.1) is 0 Å². The quantitative estimate of drug-likeness (QED) is 0.139. The van der Waals surface area contributed by atoms with Gasteiger partial charge in [-0.3, -0.25) is 0 Å². The fraction of sp³-hybridized carbons (Fsp3) is 0. The molecule has 1 heterocycles. The first kappa shape index (κ1) is 18.3. The maximum absolute atomic E-state index is 12.1. The molecule has 0 aliphatic carbocycles. The van der Waals surface area contributed by atoms with E-state index in [4.69, 9.17) is 32.4 Å². The Bertz CT molecular complexity index is 1280. The molecule has 138 valence electrons. The summed E-state index contributed by atoms with van der Waals surface area (Å²) < 4.78 is 10.7. The average Bonchev–Trinajstić information content (AvgIpc) is 2.68. The van der Waals surface area contributed by atoms with Crippen molar-refractivity contribution >= 4 is 57.0 Å². The zero-order chi connectivity index (χ0) is 19.7. The monoisotopic (exact) mass is 410 g/mol. The molecule has 0 aliphatic heterocycles. The largest absolute Gasteiger partial charge is 0.423 e. The molecule has 6 heteroatoms. The first-order chi connectivity index (χ1) is 13.5. The van der Waals surface area contributed by atoms with Crippen molar-refractivity contribution in [2.24, 2.45) is 0 Å². The third kappa shape index (κ3) is 3.52. The number of esters is 1. The summed E-state index contributed by atoms with van der Waals surface area (Å²) in [6.07, 6.45) is 2.72. The van der Waals surface area contributed by atoms with Gasteiger partial charge in [0.25, 0.3) is 0 Å². The van der Waals surface area contributed by atoms with Gasteiger partial charge in [-0.05, 0) is 41.8 Å². The van der Waals surface area contributed by atoms with E-state index < -0.39 is 11.6 Å². The van der Waals surface area contributed by atoms with Crippen LogP contribution in [-0.2, 0) is 4.79 Å². The van der Waals surface area contributed by atoms with Gasteiger partial charge in [0.1, 0.15) is 11.3 Å². The smallest absolute Gasteiger partial charge is 0.344 e. The molecule has 0 aliphatic rings. The van der Waals surface area contributed by atoms with E-state index in [-0.39, 0.29) is 5.75 Å². The second-order valence-electron chi connectivity index (χ2n) is 5.98. The molecule has 4 nitrogen and oxygen atoms in total. The minimum atomic E-state index is -0.613. The zero-order valence-electron chi connectivity index (χ0n) is 14.3. The number of carbonyl (C=O) groups excluding carboxylic acids is 1. The Labute approximate surface area is 169 Å². The fourth-order valence-electron chi connectivity index (χ4n) is 2.90. The topological polar surface area (TPSA) is 56.5 Å². The van der Waals surface area contributed by atoms with Gasteiger partial charge in [-0.15, -0.1) is 0 Å². The third-order valence-electron chi connectivity index (χ3n) is 4.20. The lowest BCUT2D eigenvalue weighted by atomic mass is 10.1. The van der Waals surface area contributed by atoms with Crippen LogP contribution in [0.3, 0.4) is 0 Å². The van der Waals surface area contributed by atoms with E-state index in [0.717, 1.165) is 10.8 Å². The van der Waals surface area contributed by atoms with Crippen molar-refractivity contribution in [1.82, 2.24) is 0 Å². The molecule has 3 aromatic carbocycles. The summed E-state index contributed by atoms with van der Waals surface area (Å²) in [5.74, 6) is -0.357. The maximum atomic E-state index is 12.1. The number of hydrogen-bond acceptors (Lipinski definition) is 4. The molecule has 0 unspecified atom stereocenters. The van der Waals surface area contributed by atoms with Crippen molar-refractivity contribution in [3.63, 3.8) is 0 Å². The molecule has 0 bridgehead atoms. The van der Waals surface area contributed by atoms with E-state index in [0.29, 0.717) is 26.6 Å². The lowest BCUT2D eigenvalue weighted by Gasteiger charge is -2.05. The number of hydrogen-bond donors (Lipinski definition) is 0. The van der Waals surface area contributed by atoms with Gasteiger partial charge in [-0.25, -0.2) is 9.59 Å². The molecule has 4 rings (SSSR count). The van der Waals surface area contributed by atoms with Crippen LogP contribution in [0.2, 0.25) is 10.0 Å². The Balaban J connectivity index is 1.63. The van der Waals surface area contributed by atoms with E-state index in [1.165, 1.54) is 18.2 Å². The Kier molecular flexibility index (Phi) is 4.90. The summed E-state index contributed by atoms with van der Waals surface area (Å²) in [7, 11) is 0. The normalized spacial score (nSPS) is 11.4. The van der Waals surface area contributed by atoms with Gasteiger partial charge in [-0.2, -0.15) is 0 Å². The van der Waals surface area contributed by atoms with Crippen molar-refractivity contribution in [2.45, 2.75) is 0 Å². The third-order valence-corrected chi connectivity index (χ3v) is 4.86. The highest BCUT2D eigenvalue weighted by Gasteiger charge is 2.09. The maximum Gasteiger partial charge on any atom is 0.344 e. The van der Waals surface area contributed by atoms with Gasteiger partial charge >= 0.3 is 11.6 Å². The van der Waals surface area contributed by atoms with E-state index in [2.05, 4.69) is 0 Å². The predicted octanol–water partition coefficient (Wildman–Crippen LogP) is 5.87. The first-order valence-electron chi connectivity index (χ1n) is 8.32. The second-order valence-corrected chi connectivity index (χ2v) is 6.80. The summed E-state index contributed by atoms with van der Waals surface area (Å²) in [6, 6.07) is 17.1. The standard InChI is InChI=1S/C22H12Cl2O4/c23-18-6-3-7-19(24)17(18)10-11-21(25)27-13-8-9-15-14-4-1-2-5-16(14)22(26)28-20(15)12-13/h1-12H/b11-10+. The van der Waals surface area contributed by atoms with Gasteiger partial charge in [0.15, 0.2) is 0 Å². The molecule has 4 aromatic rings. The number of fused-ring (bicyclic) bond motifs is 3. The van der Waals surface area contributed by atoms with E-state index in [1.807, 2.05) is 12.1 Å². The van der Waals surface area contributed by atoms with Gasteiger partial charge in [0.2, 0.25) is 0 Å². The first-order valence-corrected chi connectivity index (χ1v) is 9.08. The summed E-state index contributed by atoms with van der Waals surface area (Å²) in [5, 5.41) is 2.89. The van der Waals surface area contributed by atoms with E-state index in [9.17, 15) is 9.59 Å². The van der Waals surface area contributed by atoms with Crippen molar-refractivity contribution in [3.8, 4) is 5.75 Å². The summed E-state index contributed by atoms with van der Waals surface area (Å²) in [4.78, 5) is 24.3. The van der Waals surface area contributed by atoms with Crippen molar-refractivity contribution in [2.75, 3.05) is 0 Å². The summed E-state index contributed by atoms with van der Waals surface area (Å²) >= 11 is 12.1. The minimum absolute atomic E-state index is 0.255. The predicted molar refractivity (Wildman–Crippen MR) is 111 cm³/mol. The van der Waals surface area contributed by atoms with Crippen LogP contribution in [0.4, 0.5) is 0 Å². The fourth-order valence-corrected chi connectivity index (χ4v) is 3.42. The molecule has 28 heavy (non-hydrogen) atoms. The molecule has 0 saturated carbocycles. The molecule has 0 atom stereocenters. The van der Waals surface area contributed by atoms with Crippen LogP contribution in [0.1, 0.15) is 5.56 Å². The molecule has 0 amide bonds. The lowest BCUT2D eigenvalue weighted by molar-refractivity contribution is -0.128. The highest BCUT2D eigenvalue weighted by atomic mass is 35.5. The number of carbonyl (C=O) groups is 1. The van der Waals surface area contributed by atoms with Gasteiger partial charge < -0.3 is 9.15 Å². The molecule has 1 aromatic heterocycles. The van der Waals surface area contributed by atoms with E-state index >= 15 is 0 Å². The molecule has 0 fully saturated rings. The lowest BCUT2D eigenvalue weighted by Crippen LogP contribution is -2.04. The molecular weight excluding hydrogens is 399 g/mol. The number of ether oxygens (including phenoxy) is 1. The SMILES string of the molecule is O=C(/C=C/c1c(Cl)cccc1Cl)Oc1ccc2c(c1)oc(=O)c1ccccc12. The van der Waals surface area contributed by atoms with Crippen LogP contribution >= 0.6 is 23.2 Å². The van der Waals surface area contributed by atoms with Crippen molar-refractivity contribution < 1.29 is 13.9 Å². The van der Waals surface area contributed by atoms with Crippen LogP contribution in [0.25, 0.3) is 27.8 Å². The van der Waals surface area contributed by atoms with Crippen molar-refractivity contribution in [1.29, 1.82) is 0 Å². The number of rotatable bonds is 3. The Morgan fingerprint density at radius 3 is 2.36 bits per heavy atom. The second kappa shape index (κ2) is 7.50. The van der Waals surface area contributed by atoms with Gasteiger partial charge in [0, 0.05) is 33.1 Å². The van der Waals surface area contributed by atoms with Crippen LogP contribution in [0.15, 0.2) is 76.0 Å². The van der Waals surface area contributed by atoms with Gasteiger partial charge in [-0.1, -0.05) is 47.5 Å².